The predicted molar refractivity (Wildman–Crippen MR) is 78.8 cm³/mol. The van der Waals surface area contributed by atoms with Gasteiger partial charge in [0.25, 0.3) is 0 Å². The van der Waals surface area contributed by atoms with Gasteiger partial charge in [-0.2, -0.15) is 0 Å². The third kappa shape index (κ3) is 3.23. The van der Waals surface area contributed by atoms with Crippen molar-refractivity contribution in [2.45, 2.75) is 39.2 Å². The van der Waals surface area contributed by atoms with E-state index in [9.17, 15) is 9.90 Å². The van der Waals surface area contributed by atoms with Gasteiger partial charge in [-0.1, -0.05) is 31.4 Å². The lowest BCUT2D eigenvalue weighted by Gasteiger charge is -2.16. The summed E-state index contributed by atoms with van der Waals surface area (Å²) in [6.45, 7) is 4.03. The number of carboxylic acid groups (broad SMARTS) is 1. The van der Waals surface area contributed by atoms with Crippen LogP contribution >= 0.6 is 0 Å². The molecule has 0 saturated carbocycles. The first-order chi connectivity index (χ1) is 9.61. The van der Waals surface area contributed by atoms with Gasteiger partial charge in [0.05, 0.1) is 5.52 Å². The van der Waals surface area contributed by atoms with Crippen molar-refractivity contribution in [3.8, 4) is 0 Å². The van der Waals surface area contributed by atoms with Crippen molar-refractivity contribution in [1.82, 2.24) is 9.97 Å². The van der Waals surface area contributed by atoms with Crippen LogP contribution in [0.5, 0.6) is 0 Å². The molecule has 1 aromatic carbocycles. The van der Waals surface area contributed by atoms with Crippen LogP contribution in [0.25, 0.3) is 10.9 Å². The van der Waals surface area contributed by atoms with Gasteiger partial charge < -0.3 is 10.4 Å². The average molecular weight is 273 g/mol. The number of carboxylic acids is 1. The number of aryl methyl sites for hydroxylation is 1. The maximum atomic E-state index is 11.3. The van der Waals surface area contributed by atoms with Crippen LogP contribution in [0.1, 0.15) is 31.7 Å². The first-order valence-corrected chi connectivity index (χ1v) is 6.82. The molecular weight excluding hydrogens is 254 g/mol. The van der Waals surface area contributed by atoms with Crippen molar-refractivity contribution >= 4 is 22.7 Å². The molecule has 1 aromatic heterocycles. The zero-order valence-electron chi connectivity index (χ0n) is 11.8. The molecule has 0 spiro atoms. The first-order valence-electron chi connectivity index (χ1n) is 6.82. The van der Waals surface area contributed by atoms with Crippen LogP contribution in [0.2, 0.25) is 0 Å². The van der Waals surface area contributed by atoms with Crippen LogP contribution in [-0.2, 0) is 4.79 Å². The minimum absolute atomic E-state index is 0.585. The zero-order chi connectivity index (χ0) is 14.5. The third-order valence-corrected chi connectivity index (χ3v) is 3.25. The summed E-state index contributed by atoms with van der Waals surface area (Å²) in [5, 5.41) is 13.2. The normalized spacial score (nSPS) is 12.3. The summed E-state index contributed by atoms with van der Waals surface area (Å²) in [6, 6.07) is 5.24. The van der Waals surface area contributed by atoms with E-state index < -0.39 is 12.0 Å². The van der Waals surface area contributed by atoms with Gasteiger partial charge in [-0.05, 0) is 25.5 Å². The lowest BCUT2D eigenvalue weighted by Crippen LogP contribution is -2.29. The third-order valence-electron chi connectivity index (χ3n) is 3.25. The molecule has 0 fully saturated rings. The zero-order valence-corrected chi connectivity index (χ0v) is 11.8. The minimum Gasteiger partial charge on any atom is -0.480 e. The van der Waals surface area contributed by atoms with E-state index in [1.807, 2.05) is 32.0 Å². The highest BCUT2D eigenvalue weighted by Gasteiger charge is 2.18. The van der Waals surface area contributed by atoms with Crippen molar-refractivity contribution in [3.63, 3.8) is 0 Å². The molecule has 2 aromatic rings. The Labute approximate surface area is 118 Å². The maximum Gasteiger partial charge on any atom is 0.326 e. The summed E-state index contributed by atoms with van der Waals surface area (Å²) in [5.74, 6) is -0.264. The molecule has 2 N–H and O–H groups in total. The number of aliphatic carboxylic acids is 1. The number of nitrogens with one attached hydrogen (secondary N) is 1. The molecule has 5 nitrogen and oxygen atoms in total. The lowest BCUT2D eigenvalue weighted by atomic mass is 10.1. The summed E-state index contributed by atoms with van der Waals surface area (Å²) in [7, 11) is 0. The number of hydrogen-bond donors (Lipinski definition) is 2. The van der Waals surface area contributed by atoms with E-state index in [0.29, 0.717) is 12.2 Å². The summed E-state index contributed by atoms with van der Waals surface area (Å²) < 4.78 is 0. The molecule has 2 rings (SSSR count). The molecule has 1 heterocycles. The van der Waals surface area contributed by atoms with E-state index in [1.54, 1.807) is 0 Å². The predicted octanol–water partition coefficient (Wildman–Crippen LogP) is 2.99. The number of rotatable bonds is 6. The fourth-order valence-corrected chi connectivity index (χ4v) is 2.12. The smallest absolute Gasteiger partial charge is 0.326 e. The highest BCUT2D eigenvalue weighted by Crippen LogP contribution is 2.21. The van der Waals surface area contributed by atoms with Gasteiger partial charge in [0.1, 0.15) is 18.2 Å². The average Bonchev–Trinajstić information content (AvgIpc) is 2.43. The Morgan fingerprint density at radius 2 is 2.20 bits per heavy atom. The van der Waals surface area contributed by atoms with Gasteiger partial charge in [0.15, 0.2) is 0 Å². The Kier molecular flexibility index (Phi) is 4.50. The number of nitrogens with zero attached hydrogens (tertiary/aromatic N) is 2. The molecular formula is C15H19N3O2. The second kappa shape index (κ2) is 6.32. The van der Waals surface area contributed by atoms with Crippen molar-refractivity contribution in [2.75, 3.05) is 5.32 Å². The van der Waals surface area contributed by atoms with E-state index in [1.165, 1.54) is 6.33 Å². The van der Waals surface area contributed by atoms with Gasteiger partial charge in [-0.3, -0.25) is 0 Å². The lowest BCUT2D eigenvalue weighted by molar-refractivity contribution is -0.138. The van der Waals surface area contributed by atoms with Crippen LogP contribution in [0.4, 0.5) is 5.82 Å². The standard InChI is InChI=1S/C15H19N3O2/c1-3-4-5-13(15(19)20)18-14-11-8-10(2)6-7-12(11)16-9-17-14/h6-9,13H,3-5H2,1-2H3,(H,19,20)(H,16,17,18). The van der Waals surface area contributed by atoms with Crippen molar-refractivity contribution in [3.05, 3.63) is 30.1 Å². The Balaban J connectivity index is 2.31. The molecule has 1 atom stereocenters. The van der Waals surface area contributed by atoms with Crippen LogP contribution in [-0.4, -0.2) is 27.1 Å². The number of unbranched alkanes of at least 4 members (excludes halogenated alkanes) is 1. The summed E-state index contributed by atoms with van der Waals surface area (Å²) in [4.78, 5) is 19.7. The highest BCUT2D eigenvalue weighted by molar-refractivity contribution is 5.91. The first kappa shape index (κ1) is 14.2. The minimum atomic E-state index is -0.849. The van der Waals surface area contributed by atoms with Gasteiger partial charge in [0, 0.05) is 5.39 Å². The number of carbonyl (C=O) groups is 1. The van der Waals surface area contributed by atoms with Gasteiger partial charge >= 0.3 is 5.97 Å². The number of anilines is 1. The second-order valence-electron chi connectivity index (χ2n) is 4.92. The van der Waals surface area contributed by atoms with Crippen LogP contribution in [0, 0.1) is 6.92 Å². The van der Waals surface area contributed by atoms with E-state index >= 15 is 0 Å². The highest BCUT2D eigenvalue weighted by atomic mass is 16.4. The molecule has 0 aliphatic rings. The number of benzene rings is 1. The van der Waals surface area contributed by atoms with E-state index in [0.717, 1.165) is 29.3 Å². The molecule has 0 aliphatic heterocycles. The maximum absolute atomic E-state index is 11.3. The van der Waals surface area contributed by atoms with Crippen molar-refractivity contribution in [2.24, 2.45) is 0 Å². The topological polar surface area (TPSA) is 75.1 Å². The Morgan fingerprint density at radius 3 is 2.90 bits per heavy atom. The monoisotopic (exact) mass is 273 g/mol. The number of fused-ring (bicyclic) bond motifs is 1. The quantitative estimate of drug-likeness (QED) is 0.846. The summed E-state index contributed by atoms with van der Waals surface area (Å²) in [6.07, 6.45) is 3.88. The summed E-state index contributed by atoms with van der Waals surface area (Å²) >= 11 is 0. The molecule has 0 saturated heterocycles. The van der Waals surface area contributed by atoms with E-state index in [-0.39, 0.29) is 0 Å². The van der Waals surface area contributed by atoms with Crippen LogP contribution in [0.3, 0.4) is 0 Å². The fraction of sp³-hybridized carbons (Fsp3) is 0.400. The Bertz CT molecular complexity index is 613. The molecule has 0 bridgehead atoms. The SMILES string of the molecule is CCCCC(Nc1ncnc2ccc(C)cc12)C(=O)O. The van der Waals surface area contributed by atoms with E-state index in [2.05, 4.69) is 15.3 Å². The van der Waals surface area contributed by atoms with Crippen LogP contribution < -0.4 is 5.32 Å². The van der Waals surface area contributed by atoms with Gasteiger partial charge in [-0.25, -0.2) is 14.8 Å². The number of aromatic nitrogens is 2. The summed E-state index contributed by atoms with van der Waals surface area (Å²) in [5.41, 5.74) is 1.91. The number of hydrogen-bond acceptors (Lipinski definition) is 4. The molecule has 5 heteroatoms. The largest absolute Gasteiger partial charge is 0.480 e. The molecule has 20 heavy (non-hydrogen) atoms. The molecule has 1 unspecified atom stereocenters. The second-order valence-corrected chi connectivity index (χ2v) is 4.92. The Morgan fingerprint density at radius 1 is 1.40 bits per heavy atom. The molecule has 0 aliphatic carbocycles. The molecule has 0 radical (unpaired) electrons. The molecule has 0 amide bonds. The van der Waals surface area contributed by atoms with Crippen molar-refractivity contribution < 1.29 is 9.90 Å². The van der Waals surface area contributed by atoms with Gasteiger partial charge in [-0.15, -0.1) is 0 Å². The Hall–Kier alpha value is -2.17. The fourth-order valence-electron chi connectivity index (χ4n) is 2.12. The van der Waals surface area contributed by atoms with Crippen LogP contribution in [0.15, 0.2) is 24.5 Å². The molecule has 106 valence electrons. The van der Waals surface area contributed by atoms with Crippen molar-refractivity contribution in [1.29, 1.82) is 0 Å². The van der Waals surface area contributed by atoms with Gasteiger partial charge in [0.2, 0.25) is 0 Å². The van der Waals surface area contributed by atoms with E-state index in [4.69, 9.17) is 0 Å².